The van der Waals surface area contributed by atoms with E-state index in [1.165, 1.54) is 24.6 Å². The second-order valence-corrected chi connectivity index (χ2v) is 3.06. The number of nitrogens with two attached hydrogens (primary N) is 1. The van der Waals surface area contributed by atoms with Gasteiger partial charge in [-0.15, -0.1) is 0 Å². The van der Waals surface area contributed by atoms with Crippen molar-refractivity contribution >= 4 is 23.4 Å². The second kappa shape index (κ2) is 13.9. The summed E-state index contributed by atoms with van der Waals surface area (Å²) in [5.41, 5.74) is 5.47. The Bertz CT molecular complexity index is 140. The summed E-state index contributed by atoms with van der Waals surface area (Å²) in [4.78, 5) is 12.5. The average molecular weight is 206 g/mol. The molecule has 0 fully saturated rings. The second-order valence-electron chi connectivity index (χ2n) is 2.24. The van der Waals surface area contributed by atoms with E-state index >= 15 is 0 Å². The van der Waals surface area contributed by atoms with Crippen molar-refractivity contribution in [2.45, 2.75) is 26.2 Å². The minimum atomic E-state index is -0.250. The number of hydrogen-bond donors (Lipinski definition) is 2. The van der Waals surface area contributed by atoms with Gasteiger partial charge in [0.1, 0.15) is 0 Å². The van der Waals surface area contributed by atoms with Crippen LogP contribution in [0.2, 0.25) is 0 Å². The number of nitrogens with zero attached hydrogens (tertiary/aromatic N) is 1. The molecule has 0 aliphatic rings. The highest BCUT2D eigenvalue weighted by atomic mass is 32.2. The number of thioether (sulfide) groups is 1. The first-order chi connectivity index (χ1) is 6.22. The van der Waals surface area contributed by atoms with Gasteiger partial charge in [0.2, 0.25) is 0 Å². The van der Waals surface area contributed by atoms with Gasteiger partial charge in [-0.25, -0.2) is 0 Å². The van der Waals surface area contributed by atoms with Gasteiger partial charge in [-0.05, 0) is 12.7 Å². The molecule has 0 atom stereocenters. The summed E-state index contributed by atoms with van der Waals surface area (Å²) in [6.45, 7) is 2.82. The van der Waals surface area contributed by atoms with Crippen LogP contribution < -0.4 is 5.73 Å². The van der Waals surface area contributed by atoms with Crippen molar-refractivity contribution in [2.24, 2.45) is 10.7 Å². The molecule has 0 saturated heterocycles. The van der Waals surface area contributed by atoms with E-state index < -0.39 is 0 Å². The Balaban J connectivity index is 0. The molecule has 5 heteroatoms. The van der Waals surface area contributed by atoms with Gasteiger partial charge in [0, 0.05) is 6.54 Å². The SMILES string of the molecule is CCCCCN=C(N)SC.O=CO. The number of carbonyl (C=O) groups is 1. The van der Waals surface area contributed by atoms with E-state index in [1.54, 1.807) is 0 Å². The number of amidine groups is 1. The van der Waals surface area contributed by atoms with E-state index in [0.717, 1.165) is 13.0 Å². The first-order valence-electron chi connectivity index (χ1n) is 4.14. The highest BCUT2D eigenvalue weighted by Gasteiger charge is 1.86. The maximum atomic E-state index is 8.36. The Morgan fingerprint density at radius 1 is 1.62 bits per heavy atom. The Kier molecular flexibility index (Phi) is 15.8. The zero-order valence-corrected chi connectivity index (χ0v) is 9.01. The molecule has 0 heterocycles. The summed E-state index contributed by atoms with van der Waals surface area (Å²) < 4.78 is 0. The van der Waals surface area contributed by atoms with E-state index in [2.05, 4.69) is 11.9 Å². The third-order valence-corrected chi connectivity index (χ3v) is 1.79. The molecule has 0 amide bonds. The molecule has 0 saturated carbocycles. The van der Waals surface area contributed by atoms with Crippen LogP contribution in [-0.4, -0.2) is 29.5 Å². The molecule has 0 radical (unpaired) electrons. The van der Waals surface area contributed by atoms with Gasteiger partial charge in [-0.2, -0.15) is 0 Å². The molecule has 4 nitrogen and oxygen atoms in total. The number of hydrogen-bond acceptors (Lipinski definition) is 3. The number of aliphatic imine (C=N–C) groups is 1. The predicted octanol–water partition coefficient (Wildman–Crippen LogP) is 1.56. The Hall–Kier alpha value is -0.710. The third kappa shape index (κ3) is 18.3. The average Bonchev–Trinajstić information content (AvgIpc) is 2.13. The quantitative estimate of drug-likeness (QED) is 0.317. The van der Waals surface area contributed by atoms with Crippen molar-refractivity contribution < 1.29 is 9.90 Å². The van der Waals surface area contributed by atoms with Crippen LogP contribution >= 0.6 is 11.8 Å². The molecule has 3 N–H and O–H groups in total. The van der Waals surface area contributed by atoms with Crippen molar-refractivity contribution in [1.82, 2.24) is 0 Å². The molecular formula is C8H18N2O2S. The van der Waals surface area contributed by atoms with Crippen LogP contribution in [0.4, 0.5) is 0 Å². The van der Waals surface area contributed by atoms with E-state index in [0.29, 0.717) is 5.17 Å². The van der Waals surface area contributed by atoms with Crippen molar-refractivity contribution in [1.29, 1.82) is 0 Å². The summed E-state index contributed by atoms with van der Waals surface area (Å²) in [6.07, 6.45) is 5.61. The van der Waals surface area contributed by atoms with Crippen molar-refractivity contribution in [2.75, 3.05) is 12.8 Å². The lowest BCUT2D eigenvalue weighted by Crippen LogP contribution is -2.06. The minimum Gasteiger partial charge on any atom is -0.483 e. The van der Waals surface area contributed by atoms with E-state index in [9.17, 15) is 0 Å². The lowest BCUT2D eigenvalue weighted by molar-refractivity contribution is -0.122. The number of rotatable bonds is 4. The molecule has 0 bridgehead atoms. The van der Waals surface area contributed by atoms with E-state index in [4.69, 9.17) is 15.6 Å². The molecule has 0 aliphatic carbocycles. The van der Waals surface area contributed by atoms with Gasteiger partial charge >= 0.3 is 0 Å². The smallest absolute Gasteiger partial charge is 0.290 e. The van der Waals surface area contributed by atoms with E-state index in [-0.39, 0.29) is 6.47 Å². The van der Waals surface area contributed by atoms with Crippen molar-refractivity contribution in [3.05, 3.63) is 0 Å². The van der Waals surface area contributed by atoms with Crippen LogP contribution in [0.25, 0.3) is 0 Å². The molecule has 78 valence electrons. The minimum absolute atomic E-state index is 0.250. The maximum absolute atomic E-state index is 8.36. The summed E-state index contributed by atoms with van der Waals surface area (Å²) in [5, 5.41) is 7.59. The van der Waals surface area contributed by atoms with Crippen LogP contribution in [0.15, 0.2) is 4.99 Å². The molecule has 13 heavy (non-hydrogen) atoms. The highest BCUT2D eigenvalue weighted by molar-refractivity contribution is 8.13. The fraction of sp³-hybridized carbons (Fsp3) is 0.750. The first-order valence-corrected chi connectivity index (χ1v) is 5.37. The molecule has 0 aromatic carbocycles. The zero-order chi connectivity index (χ0) is 10.5. The molecular weight excluding hydrogens is 188 g/mol. The van der Waals surface area contributed by atoms with Crippen molar-refractivity contribution in [3.63, 3.8) is 0 Å². The topological polar surface area (TPSA) is 75.7 Å². The number of unbranched alkanes of at least 4 members (excludes halogenated alkanes) is 2. The summed E-state index contributed by atoms with van der Waals surface area (Å²) in [5.74, 6) is 0. The lowest BCUT2D eigenvalue weighted by atomic mass is 10.2. The summed E-state index contributed by atoms with van der Waals surface area (Å²) in [6, 6.07) is 0. The standard InChI is InChI=1S/C7H16N2S.CH2O2/c1-3-4-5-6-9-7(8)10-2;2-1-3/h3-6H2,1-2H3,(H2,8,9);1H,(H,2,3). The van der Waals surface area contributed by atoms with Gasteiger partial charge in [0.25, 0.3) is 6.47 Å². The maximum Gasteiger partial charge on any atom is 0.290 e. The predicted molar refractivity (Wildman–Crippen MR) is 58.2 cm³/mol. The number of carboxylic acid groups (broad SMARTS) is 1. The Morgan fingerprint density at radius 2 is 2.15 bits per heavy atom. The van der Waals surface area contributed by atoms with Crippen LogP contribution in [0.5, 0.6) is 0 Å². The molecule has 0 aromatic heterocycles. The Labute approximate surface area is 83.6 Å². The highest BCUT2D eigenvalue weighted by Crippen LogP contribution is 1.96. The van der Waals surface area contributed by atoms with Crippen LogP contribution in [-0.2, 0) is 4.79 Å². The molecule has 0 rings (SSSR count). The van der Waals surface area contributed by atoms with E-state index in [1.807, 2.05) is 6.26 Å². The van der Waals surface area contributed by atoms with Crippen LogP contribution in [0.1, 0.15) is 26.2 Å². The van der Waals surface area contributed by atoms with Gasteiger partial charge in [0.05, 0.1) is 0 Å². The normalized spacial score (nSPS) is 10.2. The fourth-order valence-corrected chi connectivity index (χ4v) is 0.836. The van der Waals surface area contributed by atoms with Gasteiger partial charge < -0.3 is 10.8 Å². The Morgan fingerprint density at radius 3 is 2.54 bits per heavy atom. The molecule has 0 unspecified atom stereocenters. The molecule has 0 aliphatic heterocycles. The monoisotopic (exact) mass is 206 g/mol. The molecule has 0 spiro atoms. The summed E-state index contributed by atoms with van der Waals surface area (Å²) >= 11 is 1.51. The lowest BCUT2D eigenvalue weighted by Gasteiger charge is -1.94. The third-order valence-electron chi connectivity index (χ3n) is 1.24. The van der Waals surface area contributed by atoms with Crippen LogP contribution in [0.3, 0.4) is 0 Å². The first kappa shape index (κ1) is 14.8. The van der Waals surface area contributed by atoms with Crippen molar-refractivity contribution in [3.8, 4) is 0 Å². The zero-order valence-electron chi connectivity index (χ0n) is 8.19. The molecule has 0 aromatic rings. The largest absolute Gasteiger partial charge is 0.483 e. The summed E-state index contributed by atoms with van der Waals surface area (Å²) in [7, 11) is 0. The van der Waals surface area contributed by atoms with Gasteiger partial charge in [0.15, 0.2) is 5.17 Å². The van der Waals surface area contributed by atoms with Gasteiger partial charge in [-0.3, -0.25) is 9.79 Å². The van der Waals surface area contributed by atoms with Crippen LogP contribution in [0, 0.1) is 0 Å². The fourth-order valence-electron chi connectivity index (χ4n) is 0.616. The van der Waals surface area contributed by atoms with Gasteiger partial charge in [-0.1, -0.05) is 31.5 Å².